The minimum atomic E-state index is -0.555. The lowest BCUT2D eigenvalue weighted by Crippen LogP contribution is -2.28. The number of carbonyl (C=O) groups excluding carboxylic acids is 1. The van der Waals surface area contributed by atoms with Gasteiger partial charge in [-0.1, -0.05) is 0 Å². The van der Waals surface area contributed by atoms with Crippen molar-refractivity contribution in [1.82, 2.24) is 14.9 Å². The third-order valence-corrected chi connectivity index (χ3v) is 3.38. The summed E-state index contributed by atoms with van der Waals surface area (Å²) in [4.78, 5) is 15.8. The topological polar surface area (TPSA) is 72.9 Å². The number of hydrogen-bond acceptors (Lipinski definition) is 3. The molecule has 0 saturated carbocycles. The Morgan fingerprint density at radius 1 is 1.61 bits per heavy atom. The standard InChI is InChI=1S/C11H12BrFN4O/c1-5(10(18)15-2)17-9-4-7(13)6(12)3-8(9)16-11(17)14/h3-5H,1-2H3,(H2,14,16)(H,15,18). The summed E-state index contributed by atoms with van der Waals surface area (Å²) < 4.78 is 15.4. The van der Waals surface area contributed by atoms with Crippen molar-refractivity contribution in [3.8, 4) is 0 Å². The van der Waals surface area contributed by atoms with Gasteiger partial charge >= 0.3 is 0 Å². The number of nitrogens with zero attached hydrogens (tertiary/aromatic N) is 2. The minimum Gasteiger partial charge on any atom is -0.369 e. The molecule has 3 N–H and O–H groups in total. The average Bonchev–Trinajstić information content (AvgIpc) is 2.63. The van der Waals surface area contributed by atoms with Crippen molar-refractivity contribution >= 4 is 38.8 Å². The molecule has 96 valence electrons. The van der Waals surface area contributed by atoms with E-state index in [4.69, 9.17) is 5.73 Å². The van der Waals surface area contributed by atoms with Crippen LogP contribution in [0.3, 0.4) is 0 Å². The zero-order valence-corrected chi connectivity index (χ0v) is 11.5. The van der Waals surface area contributed by atoms with E-state index < -0.39 is 11.9 Å². The predicted molar refractivity (Wildman–Crippen MR) is 70.6 cm³/mol. The van der Waals surface area contributed by atoms with Gasteiger partial charge in [-0.15, -0.1) is 0 Å². The van der Waals surface area contributed by atoms with E-state index in [1.165, 1.54) is 23.7 Å². The lowest BCUT2D eigenvalue weighted by Gasteiger charge is -2.14. The second-order valence-electron chi connectivity index (χ2n) is 3.89. The molecule has 1 aromatic carbocycles. The van der Waals surface area contributed by atoms with Crippen LogP contribution in [0.15, 0.2) is 16.6 Å². The molecular formula is C11H12BrFN4O. The Morgan fingerprint density at radius 3 is 2.89 bits per heavy atom. The van der Waals surface area contributed by atoms with Gasteiger partial charge in [0.05, 0.1) is 15.5 Å². The van der Waals surface area contributed by atoms with Crippen LogP contribution in [-0.2, 0) is 4.79 Å². The third-order valence-electron chi connectivity index (χ3n) is 2.77. The molecule has 18 heavy (non-hydrogen) atoms. The molecule has 5 nitrogen and oxygen atoms in total. The lowest BCUT2D eigenvalue weighted by atomic mass is 10.2. The van der Waals surface area contributed by atoms with Crippen LogP contribution >= 0.6 is 15.9 Å². The van der Waals surface area contributed by atoms with Crippen LogP contribution in [0.1, 0.15) is 13.0 Å². The van der Waals surface area contributed by atoms with Gasteiger partial charge in [0.15, 0.2) is 0 Å². The summed E-state index contributed by atoms with van der Waals surface area (Å²) in [5.74, 6) is -0.462. The maximum absolute atomic E-state index is 13.6. The summed E-state index contributed by atoms with van der Waals surface area (Å²) >= 11 is 3.09. The van der Waals surface area contributed by atoms with Crippen molar-refractivity contribution in [1.29, 1.82) is 0 Å². The highest BCUT2D eigenvalue weighted by atomic mass is 79.9. The number of rotatable bonds is 2. The van der Waals surface area contributed by atoms with Gasteiger partial charge in [-0.05, 0) is 28.9 Å². The maximum Gasteiger partial charge on any atom is 0.242 e. The fourth-order valence-corrected chi connectivity index (χ4v) is 2.17. The Hall–Kier alpha value is -1.63. The van der Waals surface area contributed by atoms with Gasteiger partial charge in [0.1, 0.15) is 11.9 Å². The molecule has 7 heteroatoms. The van der Waals surface area contributed by atoms with Crippen LogP contribution in [0, 0.1) is 5.82 Å². The predicted octanol–water partition coefficient (Wildman–Crippen LogP) is 1.83. The van der Waals surface area contributed by atoms with Crippen LogP contribution in [0.4, 0.5) is 10.3 Å². The Balaban J connectivity index is 2.67. The molecule has 1 unspecified atom stereocenters. The average molecular weight is 315 g/mol. The van der Waals surface area contributed by atoms with E-state index in [9.17, 15) is 9.18 Å². The first kappa shape index (κ1) is 12.8. The molecule has 0 saturated heterocycles. The van der Waals surface area contributed by atoms with Crippen LogP contribution < -0.4 is 11.1 Å². The van der Waals surface area contributed by atoms with E-state index in [0.29, 0.717) is 15.5 Å². The molecule has 1 aromatic heterocycles. The van der Waals surface area contributed by atoms with Crippen molar-refractivity contribution in [3.05, 3.63) is 22.4 Å². The number of hydrogen-bond donors (Lipinski definition) is 2. The molecule has 0 aliphatic heterocycles. The molecule has 1 heterocycles. The van der Waals surface area contributed by atoms with Gasteiger partial charge in [0.25, 0.3) is 0 Å². The number of amides is 1. The smallest absolute Gasteiger partial charge is 0.242 e. The Bertz CT molecular complexity index is 625. The summed E-state index contributed by atoms with van der Waals surface area (Å²) in [6.07, 6.45) is 0. The monoisotopic (exact) mass is 314 g/mol. The highest BCUT2D eigenvalue weighted by Crippen LogP contribution is 2.27. The molecule has 0 radical (unpaired) electrons. The third kappa shape index (κ3) is 1.94. The summed E-state index contributed by atoms with van der Waals surface area (Å²) in [7, 11) is 1.53. The molecule has 0 aliphatic rings. The van der Waals surface area contributed by atoms with Gasteiger partial charge in [0.2, 0.25) is 11.9 Å². The summed E-state index contributed by atoms with van der Waals surface area (Å²) in [6, 6.07) is 2.29. The minimum absolute atomic E-state index is 0.179. The van der Waals surface area contributed by atoms with E-state index in [1.807, 2.05) is 0 Å². The SMILES string of the molecule is CNC(=O)C(C)n1c(N)nc2cc(Br)c(F)cc21. The number of aromatic nitrogens is 2. The second kappa shape index (κ2) is 4.56. The van der Waals surface area contributed by atoms with E-state index in [-0.39, 0.29) is 11.9 Å². The van der Waals surface area contributed by atoms with Gasteiger partial charge in [-0.25, -0.2) is 9.37 Å². The fourth-order valence-electron chi connectivity index (χ4n) is 1.84. The molecule has 1 atom stereocenters. The van der Waals surface area contributed by atoms with Crippen molar-refractivity contribution < 1.29 is 9.18 Å². The zero-order valence-electron chi connectivity index (χ0n) is 9.87. The molecule has 2 aromatic rings. The Labute approximate surface area is 111 Å². The number of halogens is 2. The molecule has 1 amide bonds. The molecule has 0 fully saturated rings. The van der Waals surface area contributed by atoms with E-state index in [2.05, 4.69) is 26.2 Å². The van der Waals surface area contributed by atoms with Crippen LogP contribution in [0.25, 0.3) is 11.0 Å². The first-order valence-corrected chi connectivity index (χ1v) is 6.09. The number of likely N-dealkylation sites (N-methyl/N-ethyl adjacent to an activating group) is 1. The molecule has 0 spiro atoms. The maximum atomic E-state index is 13.6. The van der Waals surface area contributed by atoms with Gasteiger partial charge < -0.3 is 11.1 Å². The van der Waals surface area contributed by atoms with Gasteiger partial charge in [0, 0.05) is 13.1 Å². The lowest BCUT2D eigenvalue weighted by molar-refractivity contribution is -0.123. The fraction of sp³-hybridized carbons (Fsp3) is 0.273. The van der Waals surface area contributed by atoms with Crippen LogP contribution in [-0.4, -0.2) is 22.5 Å². The number of nitrogen functional groups attached to an aromatic ring is 1. The number of nitrogens with one attached hydrogen (secondary N) is 1. The Kier molecular flexibility index (Phi) is 3.25. The zero-order chi connectivity index (χ0) is 13.4. The highest BCUT2D eigenvalue weighted by Gasteiger charge is 2.20. The van der Waals surface area contributed by atoms with Crippen molar-refractivity contribution in [2.45, 2.75) is 13.0 Å². The Morgan fingerprint density at radius 2 is 2.28 bits per heavy atom. The quantitative estimate of drug-likeness (QED) is 0.888. The molecular weight excluding hydrogens is 303 g/mol. The molecule has 0 bridgehead atoms. The number of imidazole rings is 1. The first-order valence-electron chi connectivity index (χ1n) is 5.29. The number of nitrogens with two attached hydrogens (primary N) is 1. The van der Waals surface area contributed by atoms with Crippen molar-refractivity contribution in [3.63, 3.8) is 0 Å². The largest absolute Gasteiger partial charge is 0.369 e. The number of benzene rings is 1. The van der Waals surface area contributed by atoms with Gasteiger partial charge in [-0.2, -0.15) is 0 Å². The number of anilines is 1. The normalized spacial score (nSPS) is 12.7. The summed E-state index contributed by atoms with van der Waals surface area (Å²) in [6.45, 7) is 1.68. The second-order valence-corrected chi connectivity index (χ2v) is 4.74. The number of carbonyl (C=O) groups is 1. The summed E-state index contributed by atoms with van der Waals surface area (Å²) in [5.41, 5.74) is 6.81. The van der Waals surface area contributed by atoms with E-state index in [0.717, 1.165) is 0 Å². The van der Waals surface area contributed by atoms with Gasteiger partial charge in [-0.3, -0.25) is 9.36 Å². The van der Waals surface area contributed by atoms with Crippen LogP contribution in [0.2, 0.25) is 0 Å². The van der Waals surface area contributed by atoms with E-state index in [1.54, 1.807) is 6.92 Å². The van der Waals surface area contributed by atoms with Crippen LogP contribution in [0.5, 0.6) is 0 Å². The molecule has 2 rings (SSSR count). The molecule has 0 aliphatic carbocycles. The van der Waals surface area contributed by atoms with Crippen molar-refractivity contribution in [2.75, 3.05) is 12.8 Å². The first-order chi connectivity index (χ1) is 8.45. The summed E-state index contributed by atoms with van der Waals surface area (Å²) in [5, 5.41) is 2.52. The highest BCUT2D eigenvalue weighted by molar-refractivity contribution is 9.10. The van der Waals surface area contributed by atoms with E-state index >= 15 is 0 Å². The van der Waals surface area contributed by atoms with Crippen molar-refractivity contribution in [2.24, 2.45) is 0 Å². The number of fused-ring (bicyclic) bond motifs is 1.